The van der Waals surface area contributed by atoms with E-state index in [1.165, 1.54) is 36.3 Å². The van der Waals surface area contributed by atoms with Crippen LogP contribution in [0.3, 0.4) is 0 Å². The second-order valence-electron chi connectivity index (χ2n) is 5.59. The normalized spacial score (nSPS) is 10.5. The van der Waals surface area contributed by atoms with Crippen molar-refractivity contribution >= 4 is 23.5 Å². The van der Waals surface area contributed by atoms with Gasteiger partial charge in [-0.25, -0.2) is 8.78 Å². The molecule has 7 heteroatoms. The predicted molar refractivity (Wildman–Crippen MR) is 94.1 cm³/mol. The smallest absolute Gasteiger partial charge is 0.307 e. The Balaban J connectivity index is 2.17. The molecule has 0 saturated heterocycles. The number of amides is 1. The summed E-state index contributed by atoms with van der Waals surface area (Å²) in [5.74, 6) is -2.18. The lowest BCUT2D eigenvalue weighted by molar-refractivity contribution is -0.140. The Bertz CT molecular complexity index is 761. The van der Waals surface area contributed by atoms with Crippen LogP contribution in [0.25, 0.3) is 0 Å². The second-order valence-corrected chi connectivity index (χ2v) is 6.00. The van der Waals surface area contributed by atoms with Gasteiger partial charge in [0.05, 0.1) is 24.1 Å². The van der Waals surface area contributed by atoms with E-state index in [0.29, 0.717) is 6.42 Å². The minimum Gasteiger partial charge on any atom is -0.469 e. The molecule has 0 aromatic heterocycles. The maximum atomic E-state index is 14.1. The lowest BCUT2D eigenvalue weighted by Crippen LogP contribution is -2.35. The maximum Gasteiger partial charge on any atom is 0.307 e. The van der Waals surface area contributed by atoms with Crippen LogP contribution in [-0.4, -0.2) is 37.0 Å². The molecule has 0 aliphatic rings. The molecule has 138 valence electrons. The lowest BCUT2D eigenvalue weighted by Gasteiger charge is -2.23. The molecule has 2 aromatic rings. The van der Waals surface area contributed by atoms with E-state index < -0.39 is 17.7 Å². The van der Waals surface area contributed by atoms with Gasteiger partial charge < -0.3 is 9.64 Å². The monoisotopic (exact) mass is 381 g/mol. The fourth-order valence-electron chi connectivity index (χ4n) is 2.42. The van der Waals surface area contributed by atoms with Crippen LogP contribution < -0.4 is 0 Å². The van der Waals surface area contributed by atoms with Crippen LogP contribution in [0, 0.1) is 11.6 Å². The van der Waals surface area contributed by atoms with E-state index in [2.05, 4.69) is 4.74 Å². The van der Waals surface area contributed by atoms with Crippen molar-refractivity contribution in [2.45, 2.75) is 12.8 Å². The Hall–Kier alpha value is -2.47. The highest BCUT2D eigenvalue weighted by Crippen LogP contribution is 2.21. The van der Waals surface area contributed by atoms with Crippen molar-refractivity contribution in [3.05, 3.63) is 70.2 Å². The fraction of sp³-hybridized carbons (Fsp3) is 0.263. The summed E-state index contributed by atoms with van der Waals surface area (Å²) in [5.41, 5.74) is 0.569. The zero-order valence-electron chi connectivity index (χ0n) is 14.2. The van der Waals surface area contributed by atoms with E-state index in [9.17, 15) is 18.4 Å². The molecule has 4 nitrogen and oxygen atoms in total. The van der Waals surface area contributed by atoms with Gasteiger partial charge in [0.2, 0.25) is 0 Å². The summed E-state index contributed by atoms with van der Waals surface area (Å²) in [6.07, 6.45) is 0.386. The average molecular weight is 382 g/mol. The van der Waals surface area contributed by atoms with Crippen LogP contribution in [0.1, 0.15) is 22.3 Å². The molecule has 2 rings (SSSR count). The van der Waals surface area contributed by atoms with Gasteiger partial charge in [0, 0.05) is 13.1 Å². The van der Waals surface area contributed by atoms with E-state index in [0.717, 1.165) is 11.6 Å². The van der Waals surface area contributed by atoms with Crippen molar-refractivity contribution < 1.29 is 23.1 Å². The third-order valence-electron chi connectivity index (χ3n) is 3.86. The molecule has 0 fully saturated rings. The summed E-state index contributed by atoms with van der Waals surface area (Å²) in [6, 6.07) is 9.84. The Labute approximate surface area is 155 Å². The number of methoxy groups -OCH3 is 1. The summed E-state index contributed by atoms with van der Waals surface area (Å²) < 4.78 is 31.7. The molecule has 0 bridgehead atoms. The third-order valence-corrected chi connectivity index (χ3v) is 4.18. The molecule has 0 spiro atoms. The second kappa shape index (κ2) is 9.29. The Morgan fingerprint density at radius 3 is 2.38 bits per heavy atom. The molecule has 26 heavy (non-hydrogen) atoms. The maximum absolute atomic E-state index is 14.1. The molecule has 0 N–H and O–H groups in total. The number of hydrogen-bond acceptors (Lipinski definition) is 3. The van der Waals surface area contributed by atoms with Gasteiger partial charge in [0.1, 0.15) is 11.6 Å². The number of hydrogen-bond donors (Lipinski definition) is 0. The van der Waals surface area contributed by atoms with E-state index in [-0.39, 0.29) is 35.9 Å². The molecular formula is C19H18ClF2NO3. The predicted octanol–water partition coefficient (Wildman–Crippen LogP) is 3.87. The first-order valence-corrected chi connectivity index (χ1v) is 8.34. The van der Waals surface area contributed by atoms with Gasteiger partial charge in [-0.3, -0.25) is 9.59 Å². The quantitative estimate of drug-likeness (QED) is 0.684. The number of ether oxygens (including phenoxy) is 1. The Kier molecular flexibility index (Phi) is 7.09. The minimum atomic E-state index is -0.729. The van der Waals surface area contributed by atoms with Crippen molar-refractivity contribution in [3.63, 3.8) is 0 Å². The van der Waals surface area contributed by atoms with Gasteiger partial charge in [-0.05, 0) is 36.2 Å². The van der Waals surface area contributed by atoms with Crippen LogP contribution in [0.2, 0.25) is 5.02 Å². The summed E-state index contributed by atoms with van der Waals surface area (Å²) in [7, 11) is 1.25. The topological polar surface area (TPSA) is 46.6 Å². The number of esters is 1. The average Bonchev–Trinajstić information content (AvgIpc) is 2.62. The van der Waals surface area contributed by atoms with E-state index in [1.54, 1.807) is 12.1 Å². The van der Waals surface area contributed by atoms with Crippen molar-refractivity contribution in [1.82, 2.24) is 4.90 Å². The van der Waals surface area contributed by atoms with E-state index >= 15 is 0 Å². The molecule has 0 radical (unpaired) electrons. The van der Waals surface area contributed by atoms with Gasteiger partial charge in [-0.2, -0.15) is 0 Å². The molecule has 2 aromatic carbocycles. The van der Waals surface area contributed by atoms with Crippen LogP contribution in [0.15, 0.2) is 42.5 Å². The Morgan fingerprint density at radius 1 is 1.08 bits per heavy atom. The molecule has 0 unspecified atom stereocenters. The number of rotatable bonds is 7. The van der Waals surface area contributed by atoms with Crippen molar-refractivity contribution in [3.8, 4) is 0 Å². The van der Waals surface area contributed by atoms with E-state index in [4.69, 9.17) is 11.6 Å². The minimum absolute atomic E-state index is 0.000139. The van der Waals surface area contributed by atoms with Gasteiger partial charge in [0.25, 0.3) is 5.91 Å². The highest BCUT2D eigenvalue weighted by molar-refractivity contribution is 6.33. The fourth-order valence-corrected chi connectivity index (χ4v) is 2.66. The molecular weight excluding hydrogens is 364 g/mol. The highest BCUT2D eigenvalue weighted by atomic mass is 35.5. The number of carbonyl (C=O) groups excluding carboxylic acids is 2. The molecule has 0 atom stereocenters. The van der Waals surface area contributed by atoms with Crippen molar-refractivity contribution in [2.24, 2.45) is 0 Å². The van der Waals surface area contributed by atoms with Crippen LogP contribution in [-0.2, 0) is 16.0 Å². The standard InChI is InChI=1S/C19H18ClF2NO3/c1-26-17(24)10-12-23(11-9-13-5-7-14(21)8-6-13)19(25)18-15(20)3-2-4-16(18)22/h2-8H,9-12H2,1H3. The zero-order valence-corrected chi connectivity index (χ0v) is 14.9. The van der Waals surface area contributed by atoms with Crippen molar-refractivity contribution in [2.75, 3.05) is 20.2 Å². The van der Waals surface area contributed by atoms with Gasteiger partial charge in [-0.15, -0.1) is 0 Å². The van der Waals surface area contributed by atoms with Crippen LogP contribution in [0.5, 0.6) is 0 Å². The van der Waals surface area contributed by atoms with Crippen molar-refractivity contribution in [1.29, 1.82) is 0 Å². The molecule has 1 amide bonds. The first-order chi connectivity index (χ1) is 12.4. The summed E-state index contributed by atoms with van der Waals surface area (Å²) in [6.45, 7) is 0.267. The largest absolute Gasteiger partial charge is 0.469 e. The van der Waals surface area contributed by atoms with Gasteiger partial charge in [0.15, 0.2) is 0 Å². The molecule has 0 aliphatic heterocycles. The lowest BCUT2D eigenvalue weighted by atomic mass is 10.1. The third kappa shape index (κ3) is 5.26. The van der Waals surface area contributed by atoms with Gasteiger partial charge in [-0.1, -0.05) is 29.8 Å². The number of carbonyl (C=O) groups is 2. The molecule has 0 aliphatic carbocycles. The first-order valence-electron chi connectivity index (χ1n) is 7.97. The van der Waals surface area contributed by atoms with Crippen LogP contribution >= 0.6 is 11.6 Å². The summed E-state index contributed by atoms with van der Waals surface area (Å²) in [5, 5.41) is -0.000139. The zero-order chi connectivity index (χ0) is 19.1. The highest BCUT2D eigenvalue weighted by Gasteiger charge is 2.22. The molecule has 0 saturated carbocycles. The summed E-state index contributed by atoms with van der Waals surface area (Å²) >= 11 is 5.97. The number of halogens is 3. The number of nitrogens with zero attached hydrogens (tertiary/aromatic N) is 1. The SMILES string of the molecule is COC(=O)CCN(CCc1ccc(F)cc1)C(=O)c1c(F)cccc1Cl. The van der Waals surface area contributed by atoms with Crippen LogP contribution in [0.4, 0.5) is 8.78 Å². The molecule has 0 heterocycles. The Morgan fingerprint density at radius 2 is 1.77 bits per heavy atom. The van der Waals surface area contributed by atoms with E-state index in [1.807, 2.05) is 0 Å². The van der Waals surface area contributed by atoms with Gasteiger partial charge >= 0.3 is 5.97 Å². The first kappa shape index (κ1) is 19.8. The summed E-state index contributed by atoms with van der Waals surface area (Å²) in [4.78, 5) is 25.5. The number of benzene rings is 2.